The van der Waals surface area contributed by atoms with Gasteiger partial charge in [-0.3, -0.25) is 9.69 Å². The molecule has 0 bridgehead atoms. The van der Waals surface area contributed by atoms with Crippen molar-refractivity contribution in [3.05, 3.63) is 42.4 Å². The van der Waals surface area contributed by atoms with E-state index in [0.717, 1.165) is 43.9 Å². The van der Waals surface area contributed by atoms with E-state index in [9.17, 15) is 4.79 Å². The molecule has 1 spiro atoms. The first-order valence-electron chi connectivity index (χ1n) is 10.1. The molecule has 0 unspecified atom stereocenters. The number of hydrogen-bond donors (Lipinski definition) is 0. The van der Waals surface area contributed by atoms with E-state index in [1.54, 1.807) is 19.6 Å². The van der Waals surface area contributed by atoms with Crippen LogP contribution in [-0.2, 0) is 16.1 Å². The summed E-state index contributed by atoms with van der Waals surface area (Å²) in [6, 6.07) is 2.35. The van der Waals surface area contributed by atoms with E-state index in [4.69, 9.17) is 14.1 Å². The highest BCUT2D eigenvalue weighted by Gasteiger charge is 2.57. The number of amides is 1. The van der Waals surface area contributed by atoms with Gasteiger partial charge in [-0.05, 0) is 26.3 Å². The Hall–Kier alpha value is -2.12. The van der Waals surface area contributed by atoms with E-state index < -0.39 is 5.41 Å². The molecule has 0 saturated carbocycles. The first-order valence-corrected chi connectivity index (χ1v) is 10.1. The molecule has 1 amide bonds. The van der Waals surface area contributed by atoms with Crippen LogP contribution in [0.1, 0.15) is 43.5 Å². The number of imidazole rings is 1. The second-order valence-electron chi connectivity index (χ2n) is 8.38. The first-order chi connectivity index (χ1) is 13.5. The number of likely N-dealkylation sites (tertiary alicyclic amines) is 2. The largest absolute Gasteiger partial charge is 0.472 e. The summed E-state index contributed by atoms with van der Waals surface area (Å²) in [7, 11) is 1.68. The van der Waals surface area contributed by atoms with Crippen LogP contribution in [-0.4, -0.2) is 65.2 Å². The molecule has 2 aromatic heterocycles. The maximum absolute atomic E-state index is 13.5. The van der Waals surface area contributed by atoms with Gasteiger partial charge in [0, 0.05) is 63.6 Å². The zero-order chi connectivity index (χ0) is 19.7. The summed E-state index contributed by atoms with van der Waals surface area (Å²) in [6.45, 7) is 8.72. The summed E-state index contributed by atoms with van der Waals surface area (Å²) in [5, 5.41) is 0. The van der Waals surface area contributed by atoms with Gasteiger partial charge in [0.2, 0.25) is 5.91 Å². The number of ether oxygens (including phenoxy) is 1. The Morgan fingerprint density at radius 2 is 2.29 bits per heavy atom. The van der Waals surface area contributed by atoms with Crippen molar-refractivity contribution in [3.63, 3.8) is 0 Å². The molecule has 0 aliphatic carbocycles. The van der Waals surface area contributed by atoms with Gasteiger partial charge in [-0.2, -0.15) is 0 Å². The van der Waals surface area contributed by atoms with Crippen LogP contribution >= 0.6 is 0 Å². The number of furan rings is 1. The molecule has 0 N–H and O–H groups in total. The molecule has 0 radical (unpaired) electrons. The Morgan fingerprint density at radius 1 is 1.43 bits per heavy atom. The Morgan fingerprint density at radius 3 is 2.96 bits per heavy atom. The van der Waals surface area contributed by atoms with E-state index in [1.807, 2.05) is 17.3 Å². The van der Waals surface area contributed by atoms with Crippen LogP contribution in [0.3, 0.4) is 0 Å². The van der Waals surface area contributed by atoms with Gasteiger partial charge < -0.3 is 18.6 Å². The molecule has 28 heavy (non-hydrogen) atoms. The lowest BCUT2D eigenvalue weighted by atomic mass is 9.75. The van der Waals surface area contributed by atoms with Crippen LogP contribution in [0.4, 0.5) is 0 Å². The summed E-state index contributed by atoms with van der Waals surface area (Å²) < 4.78 is 12.6. The molecule has 2 aliphatic heterocycles. The minimum absolute atomic E-state index is 0.111. The smallest absolute Gasteiger partial charge is 0.230 e. The topological polar surface area (TPSA) is 63.7 Å². The third-order valence-corrected chi connectivity index (χ3v) is 6.28. The first kappa shape index (κ1) is 19.2. The van der Waals surface area contributed by atoms with Crippen molar-refractivity contribution in [2.24, 2.45) is 5.41 Å². The van der Waals surface area contributed by atoms with Crippen molar-refractivity contribution in [1.82, 2.24) is 19.4 Å². The summed E-state index contributed by atoms with van der Waals surface area (Å²) in [4.78, 5) is 22.6. The van der Waals surface area contributed by atoms with Gasteiger partial charge in [0.1, 0.15) is 0 Å². The molecule has 4 rings (SSSR count). The van der Waals surface area contributed by atoms with E-state index in [1.165, 1.54) is 0 Å². The van der Waals surface area contributed by atoms with Crippen LogP contribution in [0.25, 0.3) is 0 Å². The molecular weight excluding hydrogens is 356 g/mol. The van der Waals surface area contributed by atoms with Gasteiger partial charge in [0.05, 0.1) is 36.6 Å². The molecule has 152 valence electrons. The molecular formula is C21H30N4O3. The predicted molar refractivity (Wildman–Crippen MR) is 105 cm³/mol. The van der Waals surface area contributed by atoms with Crippen molar-refractivity contribution in [3.8, 4) is 0 Å². The van der Waals surface area contributed by atoms with Crippen LogP contribution < -0.4 is 0 Å². The highest BCUT2D eigenvalue weighted by atomic mass is 16.5. The maximum Gasteiger partial charge on any atom is 0.230 e. The Labute approximate surface area is 166 Å². The number of carbonyl (C=O) groups excluding carboxylic acids is 1. The maximum atomic E-state index is 13.5. The Balaban J connectivity index is 1.61. The average Bonchev–Trinajstić information content (AvgIpc) is 3.44. The minimum atomic E-state index is -0.395. The van der Waals surface area contributed by atoms with Crippen LogP contribution in [0.15, 0.2) is 35.5 Å². The van der Waals surface area contributed by atoms with E-state index in [-0.39, 0.29) is 11.8 Å². The molecule has 7 nitrogen and oxygen atoms in total. The number of hydrogen-bond acceptors (Lipinski definition) is 5. The minimum Gasteiger partial charge on any atom is -0.472 e. The fraction of sp³-hybridized carbons (Fsp3) is 0.619. The number of carbonyl (C=O) groups is 1. The zero-order valence-electron chi connectivity index (χ0n) is 17.0. The zero-order valence-corrected chi connectivity index (χ0v) is 17.0. The SMILES string of the molecule is COCCN1CC[C@@]2(CN(Cc3ccoc3)C[C@H]2c2cn(C(C)C)cn2)C1=O. The molecule has 2 aromatic rings. The molecule has 2 fully saturated rings. The highest BCUT2D eigenvalue weighted by molar-refractivity contribution is 5.86. The molecule has 4 heterocycles. The predicted octanol–water partition coefficient (Wildman–Crippen LogP) is 2.52. The van der Waals surface area contributed by atoms with Crippen molar-refractivity contribution in [1.29, 1.82) is 0 Å². The molecule has 2 saturated heterocycles. The number of nitrogens with zero attached hydrogens (tertiary/aromatic N) is 4. The van der Waals surface area contributed by atoms with Gasteiger partial charge in [-0.25, -0.2) is 4.98 Å². The Bertz CT molecular complexity index is 800. The van der Waals surface area contributed by atoms with Crippen LogP contribution in [0.2, 0.25) is 0 Å². The van der Waals surface area contributed by atoms with E-state index in [2.05, 4.69) is 29.5 Å². The number of methoxy groups -OCH3 is 1. The average molecular weight is 386 g/mol. The monoisotopic (exact) mass is 386 g/mol. The van der Waals surface area contributed by atoms with Gasteiger partial charge in [0.15, 0.2) is 0 Å². The van der Waals surface area contributed by atoms with Gasteiger partial charge >= 0.3 is 0 Å². The normalized spacial score (nSPS) is 25.6. The number of rotatable bonds is 7. The summed E-state index contributed by atoms with van der Waals surface area (Å²) in [6.07, 6.45) is 8.39. The molecule has 0 aromatic carbocycles. The fourth-order valence-electron chi connectivity index (χ4n) is 4.70. The van der Waals surface area contributed by atoms with Crippen molar-refractivity contribution < 1.29 is 13.9 Å². The third-order valence-electron chi connectivity index (χ3n) is 6.28. The molecule has 7 heteroatoms. The lowest BCUT2D eigenvalue weighted by Crippen LogP contribution is -2.40. The second kappa shape index (κ2) is 7.72. The molecule has 2 atom stereocenters. The van der Waals surface area contributed by atoms with Gasteiger partial charge in [-0.1, -0.05) is 0 Å². The quantitative estimate of drug-likeness (QED) is 0.732. The van der Waals surface area contributed by atoms with Crippen molar-refractivity contribution >= 4 is 5.91 Å². The van der Waals surface area contributed by atoms with Crippen molar-refractivity contribution in [2.45, 2.75) is 38.8 Å². The van der Waals surface area contributed by atoms with Crippen LogP contribution in [0, 0.1) is 5.41 Å². The third kappa shape index (κ3) is 3.37. The summed E-state index contributed by atoms with van der Waals surface area (Å²) in [5.74, 6) is 0.364. The highest BCUT2D eigenvalue weighted by Crippen LogP contribution is 2.49. The fourth-order valence-corrected chi connectivity index (χ4v) is 4.70. The van der Waals surface area contributed by atoms with Crippen molar-refractivity contribution in [2.75, 3.05) is 39.9 Å². The van der Waals surface area contributed by atoms with Crippen LogP contribution in [0.5, 0.6) is 0 Å². The summed E-state index contributed by atoms with van der Waals surface area (Å²) >= 11 is 0. The molecule has 2 aliphatic rings. The summed E-state index contributed by atoms with van der Waals surface area (Å²) in [5.41, 5.74) is 1.78. The lowest BCUT2D eigenvalue weighted by molar-refractivity contribution is -0.136. The van der Waals surface area contributed by atoms with E-state index in [0.29, 0.717) is 19.2 Å². The van der Waals surface area contributed by atoms with E-state index >= 15 is 0 Å². The number of aromatic nitrogens is 2. The lowest BCUT2D eigenvalue weighted by Gasteiger charge is -2.28. The van der Waals surface area contributed by atoms with Gasteiger partial charge in [-0.15, -0.1) is 0 Å². The van der Waals surface area contributed by atoms with Gasteiger partial charge in [0.25, 0.3) is 0 Å². The Kier molecular flexibility index (Phi) is 5.29. The standard InChI is InChI=1S/C21H30N4O3/c1-16(2)25-12-19(22-15-25)18-11-23(10-17-4-8-28-13-17)14-21(18)5-6-24(20(21)26)7-9-27-3/h4,8,12-13,15-16,18H,5-7,9-11,14H2,1-3H3/t18-,21-/m0/s1. The second-order valence-corrected chi connectivity index (χ2v) is 8.38.